The van der Waals surface area contributed by atoms with Crippen LogP contribution in [0.2, 0.25) is 0 Å². The highest BCUT2D eigenvalue weighted by Gasteiger charge is 2.14. The number of hydrogen-bond acceptors (Lipinski definition) is 2. The Morgan fingerprint density at radius 2 is 1.94 bits per heavy atom. The fraction of sp³-hybridized carbons (Fsp3) is 0. The van der Waals surface area contributed by atoms with Crippen molar-refractivity contribution in [2.75, 3.05) is 0 Å². The number of nitrogens with zero attached hydrogens (tertiary/aromatic N) is 1. The van der Waals surface area contributed by atoms with Gasteiger partial charge in [-0.05, 0) is 23.1 Å². The van der Waals surface area contributed by atoms with Crippen LogP contribution in [0.25, 0.3) is 10.8 Å². The first-order valence-corrected chi connectivity index (χ1v) is 4.84. The lowest BCUT2D eigenvalue weighted by molar-refractivity contribution is 0.108. The molecule has 0 aliphatic heterocycles. The first-order valence-electron chi connectivity index (χ1n) is 4.46. The average molecular weight is 234 g/mol. The minimum absolute atomic E-state index is 0.148. The standard InChI is InChI=1S/C12H5ClFNO/c13-12(16)10-5-7(6-15)11(14)9-4-2-1-3-8(9)10/h1-5H. The third-order valence-electron chi connectivity index (χ3n) is 2.31. The van der Waals surface area contributed by atoms with Gasteiger partial charge >= 0.3 is 0 Å². The Hall–Kier alpha value is -1.92. The van der Waals surface area contributed by atoms with Crippen LogP contribution in [0.4, 0.5) is 4.39 Å². The van der Waals surface area contributed by atoms with Gasteiger partial charge in [-0.2, -0.15) is 5.26 Å². The molecule has 0 unspecified atom stereocenters. The maximum atomic E-state index is 13.7. The Morgan fingerprint density at radius 1 is 1.31 bits per heavy atom. The van der Waals surface area contributed by atoms with Gasteiger partial charge in [0.1, 0.15) is 11.9 Å². The summed E-state index contributed by atoms with van der Waals surface area (Å²) in [6, 6.07) is 9.28. The largest absolute Gasteiger partial charge is 0.276 e. The smallest absolute Gasteiger partial charge is 0.253 e. The molecule has 0 amide bonds. The highest BCUT2D eigenvalue weighted by molar-refractivity contribution is 6.68. The molecule has 4 heteroatoms. The molecular formula is C12H5ClFNO. The van der Waals surface area contributed by atoms with Gasteiger partial charge in [-0.25, -0.2) is 4.39 Å². The second-order valence-corrected chi connectivity index (χ2v) is 3.56. The molecule has 0 saturated heterocycles. The van der Waals surface area contributed by atoms with Crippen LogP contribution in [0.15, 0.2) is 30.3 Å². The van der Waals surface area contributed by atoms with Gasteiger partial charge in [0.05, 0.1) is 5.56 Å². The molecule has 0 aliphatic carbocycles. The Morgan fingerprint density at radius 3 is 2.50 bits per heavy atom. The number of nitriles is 1. The van der Waals surface area contributed by atoms with Crippen LogP contribution < -0.4 is 0 Å². The maximum Gasteiger partial charge on any atom is 0.253 e. The van der Waals surface area contributed by atoms with Crippen LogP contribution >= 0.6 is 11.6 Å². The third kappa shape index (κ3) is 1.54. The summed E-state index contributed by atoms with van der Waals surface area (Å²) in [6.07, 6.45) is 0. The molecule has 2 aromatic carbocycles. The number of carbonyl (C=O) groups excluding carboxylic acids is 1. The predicted molar refractivity (Wildman–Crippen MR) is 58.8 cm³/mol. The van der Waals surface area contributed by atoms with Gasteiger partial charge in [-0.3, -0.25) is 4.79 Å². The highest BCUT2D eigenvalue weighted by Crippen LogP contribution is 2.25. The molecule has 0 N–H and O–H groups in total. The molecule has 16 heavy (non-hydrogen) atoms. The van der Waals surface area contributed by atoms with Crippen LogP contribution in [0.1, 0.15) is 15.9 Å². The minimum Gasteiger partial charge on any atom is -0.276 e. The predicted octanol–water partition coefficient (Wildman–Crippen LogP) is 3.23. The van der Waals surface area contributed by atoms with Crippen LogP contribution in [-0.2, 0) is 0 Å². The lowest BCUT2D eigenvalue weighted by Crippen LogP contribution is -1.96. The SMILES string of the molecule is N#Cc1cc(C(=O)Cl)c2ccccc2c1F. The molecule has 2 rings (SSSR count). The van der Waals surface area contributed by atoms with E-state index >= 15 is 0 Å². The van der Waals surface area contributed by atoms with Gasteiger partial charge in [-0.15, -0.1) is 0 Å². The molecule has 2 nitrogen and oxygen atoms in total. The number of benzene rings is 2. The van der Waals surface area contributed by atoms with Crippen molar-refractivity contribution >= 4 is 27.6 Å². The fourth-order valence-corrected chi connectivity index (χ4v) is 1.74. The van der Waals surface area contributed by atoms with E-state index in [-0.39, 0.29) is 16.5 Å². The lowest BCUT2D eigenvalue weighted by Gasteiger charge is -2.05. The van der Waals surface area contributed by atoms with Crippen molar-refractivity contribution in [1.82, 2.24) is 0 Å². The zero-order valence-electron chi connectivity index (χ0n) is 8.00. The second-order valence-electron chi connectivity index (χ2n) is 3.22. The monoisotopic (exact) mass is 233 g/mol. The Bertz CT molecular complexity index is 631. The fourth-order valence-electron chi connectivity index (χ4n) is 1.58. The topological polar surface area (TPSA) is 40.9 Å². The van der Waals surface area contributed by atoms with Crippen LogP contribution in [-0.4, -0.2) is 5.24 Å². The van der Waals surface area contributed by atoms with Gasteiger partial charge in [0.15, 0.2) is 0 Å². The van der Waals surface area contributed by atoms with E-state index < -0.39 is 11.1 Å². The average Bonchev–Trinajstić information content (AvgIpc) is 2.29. The molecule has 0 fully saturated rings. The van der Waals surface area contributed by atoms with E-state index in [9.17, 15) is 9.18 Å². The van der Waals surface area contributed by atoms with E-state index in [4.69, 9.17) is 16.9 Å². The van der Waals surface area contributed by atoms with E-state index in [0.29, 0.717) is 5.39 Å². The molecule has 0 atom stereocenters. The molecule has 0 saturated carbocycles. The molecule has 0 aromatic heterocycles. The quantitative estimate of drug-likeness (QED) is 0.710. The van der Waals surface area contributed by atoms with Gasteiger partial charge in [0.25, 0.3) is 5.24 Å². The summed E-state index contributed by atoms with van der Waals surface area (Å²) < 4.78 is 13.7. The summed E-state index contributed by atoms with van der Waals surface area (Å²) in [4.78, 5) is 11.2. The van der Waals surface area contributed by atoms with E-state index in [1.165, 1.54) is 12.1 Å². The number of fused-ring (bicyclic) bond motifs is 1. The van der Waals surface area contributed by atoms with Gasteiger partial charge < -0.3 is 0 Å². The maximum absolute atomic E-state index is 13.7. The first-order chi connectivity index (χ1) is 7.65. The van der Waals surface area contributed by atoms with Crippen molar-refractivity contribution in [2.24, 2.45) is 0 Å². The van der Waals surface area contributed by atoms with Gasteiger partial charge in [0.2, 0.25) is 0 Å². The molecule has 0 spiro atoms. The van der Waals surface area contributed by atoms with E-state index in [1.807, 2.05) is 0 Å². The second kappa shape index (κ2) is 3.92. The summed E-state index contributed by atoms with van der Waals surface area (Å²) >= 11 is 5.39. The normalized spacial score (nSPS) is 10.1. The number of halogens is 2. The van der Waals surface area contributed by atoms with E-state index in [1.54, 1.807) is 24.3 Å². The molecule has 0 aliphatic rings. The van der Waals surface area contributed by atoms with Gasteiger partial charge in [0, 0.05) is 10.9 Å². The summed E-state index contributed by atoms with van der Waals surface area (Å²) in [5.41, 5.74) is -0.0297. The third-order valence-corrected chi connectivity index (χ3v) is 2.51. The minimum atomic E-state index is -0.701. The van der Waals surface area contributed by atoms with E-state index in [2.05, 4.69) is 0 Å². The van der Waals surface area contributed by atoms with E-state index in [0.717, 1.165) is 0 Å². The zero-order chi connectivity index (χ0) is 11.7. The Labute approximate surface area is 95.9 Å². The Kier molecular flexibility index (Phi) is 2.59. The van der Waals surface area contributed by atoms with Crippen molar-refractivity contribution in [1.29, 1.82) is 5.26 Å². The van der Waals surface area contributed by atoms with Crippen molar-refractivity contribution < 1.29 is 9.18 Å². The summed E-state index contributed by atoms with van der Waals surface area (Å²) in [5.74, 6) is -0.625. The molecule has 0 heterocycles. The zero-order valence-corrected chi connectivity index (χ0v) is 8.75. The summed E-state index contributed by atoms with van der Waals surface area (Å²) in [5, 5.41) is 8.68. The number of hydrogen-bond donors (Lipinski definition) is 0. The first kappa shape index (κ1) is 10.6. The molecule has 0 bridgehead atoms. The lowest BCUT2D eigenvalue weighted by atomic mass is 10.0. The highest BCUT2D eigenvalue weighted by atomic mass is 35.5. The molecule has 78 valence electrons. The number of rotatable bonds is 1. The molecular weight excluding hydrogens is 229 g/mol. The van der Waals surface area contributed by atoms with Gasteiger partial charge in [-0.1, -0.05) is 24.3 Å². The van der Waals surface area contributed by atoms with Crippen LogP contribution in [0.3, 0.4) is 0 Å². The van der Waals surface area contributed by atoms with Crippen molar-refractivity contribution in [2.45, 2.75) is 0 Å². The Balaban J connectivity index is 2.97. The summed E-state index contributed by atoms with van der Waals surface area (Å²) in [6.45, 7) is 0. The number of carbonyl (C=O) groups is 1. The van der Waals surface area contributed by atoms with Crippen LogP contribution in [0, 0.1) is 17.1 Å². The summed E-state index contributed by atoms with van der Waals surface area (Å²) in [7, 11) is 0. The molecule has 2 aromatic rings. The van der Waals surface area contributed by atoms with Crippen molar-refractivity contribution in [3.63, 3.8) is 0 Å². The van der Waals surface area contributed by atoms with Crippen LogP contribution in [0.5, 0.6) is 0 Å². The molecule has 0 radical (unpaired) electrons. The van der Waals surface area contributed by atoms with Crippen molar-refractivity contribution in [3.8, 4) is 6.07 Å². The van der Waals surface area contributed by atoms with Crippen molar-refractivity contribution in [3.05, 3.63) is 47.3 Å².